The summed E-state index contributed by atoms with van der Waals surface area (Å²) in [4.78, 5) is 12.0. The first-order chi connectivity index (χ1) is 9.90. The zero-order valence-electron chi connectivity index (χ0n) is 11.2. The van der Waals surface area contributed by atoms with Crippen LogP contribution in [-0.4, -0.2) is 22.2 Å². The number of nitrogens with zero attached hydrogens (tertiary/aromatic N) is 2. The first kappa shape index (κ1) is 15.1. The van der Waals surface area contributed by atoms with Gasteiger partial charge < -0.3 is 4.74 Å². The lowest BCUT2D eigenvalue weighted by atomic mass is 10.1. The lowest BCUT2D eigenvalue weighted by Gasteiger charge is -2.05. The smallest absolute Gasteiger partial charge is 0.419 e. The number of halogens is 3. The number of carbonyl (C=O) groups excluding carboxylic acids is 1. The number of ketones is 1. The SMILES string of the molecule is CCOc1ccc(C(=O)Cn2cc(C(F)(F)F)cn2)cc1. The van der Waals surface area contributed by atoms with Crippen LogP contribution in [0, 0.1) is 0 Å². The van der Waals surface area contributed by atoms with Crippen LogP contribution in [-0.2, 0) is 12.7 Å². The maximum absolute atomic E-state index is 12.4. The highest BCUT2D eigenvalue weighted by atomic mass is 19.4. The molecule has 0 N–H and O–H groups in total. The van der Waals surface area contributed by atoms with E-state index in [-0.39, 0.29) is 12.3 Å². The summed E-state index contributed by atoms with van der Waals surface area (Å²) in [5.41, 5.74) is -0.482. The topological polar surface area (TPSA) is 44.1 Å². The van der Waals surface area contributed by atoms with Gasteiger partial charge in [-0.25, -0.2) is 0 Å². The van der Waals surface area contributed by atoms with E-state index in [1.807, 2.05) is 6.92 Å². The number of carbonyl (C=O) groups is 1. The fourth-order valence-corrected chi connectivity index (χ4v) is 1.74. The Balaban J connectivity index is 2.05. The Morgan fingerprint density at radius 2 is 1.95 bits per heavy atom. The van der Waals surface area contributed by atoms with Gasteiger partial charge >= 0.3 is 6.18 Å². The number of Topliss-reactive ketones (excluding diaryl/α,β-unsaturated/α-hetero) is 1. The molecule has 0 aliphatic heterocycles. The normalized spacial score (nSPS) is 11.4. The summed E-state index contributed by atoms with van der Waals surface area (Å²) in [5.74, 6) is 0.308. The van der Waals surface area contributed by atoms with E-state index in [0.29, 0.717) is 24.1 Å². The summed E-state index contributed by atoms with van der Waals surface area (Å²) in [5, 5.41) is 3.55. The van der Waals surface area contributed by atoms with Gasteiger partial charge in [0.2, 0.25) is 0 Å². The van der Waals surface area contributed by atoms with Crippen LogP contribution < -0.4 is 4.74 Å². The molecule has 0 amide bonds. The first-order valence-electron chi connectivity index (χ1n) is 6.26. The highest BCUT2D eigenvalue weighted by Crippen LogP contribution is 2.28. The van der Waals surface area contributed by atoms with E-state index in [2.05, 4.69) is 5.10 Å². The van der Waals surface area contributed by atoms with E-state index in [1.54, 1.807) is 24.3 Å². The molecular weight excluding hydrogens is 285 g/mol. The van der Waals surface area contributed by atoms with E-state index in [4.69, 9.17) is 4.74 Å². The molecule has 21 heavy (non-hydrogen) atoms. The molecule has 0 fully saturated rings. The van der Waals surface area contributed by atoms with Crippen LogP contribution in [0.25, 0.3) is 0 Å². The lowest BCUT2D eigenvalue weighted by Crippen LogP contribution is -2.11. The van der Waals surface area contributed by atoms with Gasteiger partial charge in [-0.15, -0.1) is 0 Å². The van der Waals surface area contributed by atoms with Crippen molar-refractivity contribution in [2.45, 2.75) is 19.6 Å². The summed E-state index contributed by atoms with van der Waals surface area (Å²) < 4.78 is 43.5. The monoisotopic (exact) mass is 298 g/mol. The van der Waals surface area contributed by atoms with Crippen molar-refractivity contribution in [3.63, 3.8) is 0 Å². The molecule has 0 unspecified atom stereocenters. The summed E-state index contributed by atoms with van der Waals surface area (Å²) in [6.45, 7) is 2.11. The van der Waals surface area contributed by atoms with E-state index in [9.17, 15) is 18.0 Å². The van der Waals surface area contributed by atoms with Gasteiger partial charge in [0.25, 0.3) is 0 Å². The number of ether oxygens (including phenoxy) is 1. The van der Waals surface area contributed by atoms with Gasteiger partial charge in [-0.1, -0.05) is 0 Å². The molecule has 0 spiro atoms. The van der Waals surface area contributed by atoms with E-state index >= 15 is 0 Å². The van der Waals surface area contributed by atoms with Gasteiger partial charge in [-0.2, -0.15) is 18.3 Å². The van der Waals surface area contributed by atoms with Crippen LogP contribution in [0.5, 0.6) is 5.75 Å². The fourth-order valence-electron chi connectivity index (χ4n) is 1.74. The molecule has 7 heteroatoms. The Morgan fingerprint density at radius 1 is 1.29 bits per heavy atom. The van der Waals surface area contributed by atoms with Crippen LogP contribution in [0.3, 0.4) is 0 Å². The van der Waals surface area contributed by atoms with Crippen molar-refractivity contribution in [1.82, 2.24) is 9.78 Å². The molecule has 0 saturated heterocycles. The summed E-state index contributed by atoms with van der Waals surface area (Å²) in [7, 11) is 0. The van der Waals surface area contributed by atoms with Gasteiger partial charge in [-0.05, 0) is 31.2 Å². The number of rotatable bonds is 5. The lowest BCUT2D eigenvalue weighted by molar-refractivity contribution is -0.137. The third-order valence-corrected chi connectivity index (χ3v) is 2.75. The van der Waals surface area contributed by atoms with E-state index in [1.165, 1.54) is 0 Å². The van der Waals surface area contributed by atoms with Crippen molar-refractivity contribution in [3.05, 3.63) is 47.8 Å². The molecule has 1 aromatic heterocycles. The van der Waals surface area contributed by atoms with Crippen molar-refractivity contribution in [1.29, 1.82) is 0 Å². The molecule has 0 aliphatic carbocycles. The van der Waals surface area contributed by atoms with Crippen LogP contribution in [0.15, 0.2) is 36.7 Å². The maximum Gasteiger partial charge on any atom is 0.419 e. The molecule has 112 valence electrons. The molecule has 0 saturated carbocycles. The van der Waals surface area contributed by atoms with Crippen LogP contribution in [0.1, 0.15) is 22.8 Å². The number of benzene rings is 1. The number of hydrogen-bond donors (Lipinski definition) is 0. The highest BCUT2D eigenvalue weighted by Gasteiger charge is 2.32. The molecule has 2 rings (SSSR count). The van der Waals surface area contributed by atoms with Crippen molar-refractivity contribution < 1.29 is 22.7 Å². The fraction of sp³-hybridized carbons (Fsp3) is 0.286. The molecule has 0 atom stereocenters. The Morgan fingerprint density at radius 3 is 2.48 bits per heavy atom. The molecule has 0 bridgehead atoms. The molecule has 0 radical (unpaired) electrons. The Bertz CT molecular complexity index is 618. The zero-order valence-corrected chi connectivity index (χ0v) is 11.2. The third kappa shape index (κ3) is 3.84. The predicted molar refractivity (Wildman–Crippen MR) is 69.2 cm³/mol. The highest BCUT2D eigenvalue weighted by molar-refractivity contribution is 5.95. The third-order valence-electron chi connectivity index (χ3n) is 2.75. The summed E-state index contributed by atoms with van der Waals surface area (Å²) in [6.07, 6.45) is -2.95. The molecular formula is C14H13F3N2O2. The summed E-state index contributed by atoms with van der Waals surface area (Å²) >= 11 is 0. The molecule has 2 aromatic rings. The quantitative estimate of drug-likeness (QED) is 0.796. The summed E-state index contributed by atoms with van der Waals surface area (Å²) in [6, 6.07) is 6.42. The van der Waals surface area contributed by atoms with Crippen molar-refractivity contribution in [2.75, 3.05) is 6.61 Å². The zero-order chi connectivity index (χ0) is 15.5. The van der Waals surface area contributed by atoms with Crippen LogP contribution in [0.2, 0.25) is 0 Å². The van der Waals surface area contributed by atoms with Gasteiger partial charge in [0.1, 0.15) is 12.3 Å². The van der Waals surface area contributed by atoms with Crippen LogP contribution in [0.4, 0.5) is 13.2 Å². The second kappa shape index (κ2) is 5.99. The first-order valence-corrected chi connectivity index (χ1v) is 6.26. The number of alkyl halides is 3. The van der Waals surface area contributed by atoms with E-state index < -0.39 is 11.7 Å². The number of aromatic nitrogens is 2. The maximum atomic E-state index is 12.4. The second-order valence-electron chi connectivity index (χ2n) is 4.30. The average Bonchev–Trinajstić information content (AvgIpc) is 2.88. The van der Waals surface area contributed by atoms with Gasteiger partial charge in [0.15, 0.2) is 5.78 Å². The number of hydrogen-bond acceptors (Lipinski definition) is 3. The predicted octanol–water partition coefficient (Wildman–Crippen LogP) is 3.18. The average molecular weight is 298 g/mol. The Kier molecular flexibility index (Phi) is 4.30. The van der Waals surface area contributed by atoms with Gasteiger partial charge in [0, 0.05) is 11.8 Å². The van der Waals surface area contributed by atoms with Crippen LogP contribution >= 0.6 is 0 Å². The van der Waals surface area contributed by atoms with Crippen molar-refractivity contribution >= 4 is 5.78 Å². The Labute approximate surface area is 119 Å². The minimum atomic E-state index is -4.46. The van der Waals surface area contributed by atoms with E-state index in [0.717, 1.165) is 10.9 Å². The van der Waals surface area contributed by atoms with Crippen molar-refractivity contribution in [3.8, 4) is 5.75 Å². The second-order valence-corrected chi connectivity index (χ2v) is 4.30. The Hall–Kier alpha value is -2.31. The minimum absolute atomic E-state index is 0.246. The minimum Gasteiger partial charge on any atom is -0.494 e. The molecule has 4 nitrogen and oxygen atoms in total. The van der Waals surface area contributed by atoms with Crippen molar-refractivity contribution in [2.24, 2.45) is 0 Å². The molecule has 0 aliphatic rings. The molecule has 1 heterocycles. The largest absolute Gasteiger partial charge is 0.494 e. The van der Waals surface area contributed by atoms with Gasteiger partial charge in [-0.3, -0.25) is 9.48 Å². The van der Waals surface area contributed by atoms with Gasteiger partial charge in [0.05, 0.1) is 18.4 Å². The standard InChI is InChI=1S/C14H13F3N2O2/c1-2-21-12-5-3-10(4-6-12)13(20)9-19-8-11(7-18-19)14(15,16)17/h3-8H,2,9H2,1H3. The molecule has 1 aromatic carbocycles.